The molecule has 1 aromatic carbocycles. The maximum Gasteiger partial charge on any atom is 0.180 e. The third kappa shape index (κ3) is 1.90. The van der Waals surface area contributed by atoms with Crippen molar-refractivity contribution in [1.82, 2.24) is 0 Å². The highest BCUT2D eigenvalue weighted by atomic mass is 32.2. The van der Waals surface area contributed by atoms with Crippen molar-refractivity contribution in [3.8, 4) is 0 Å². The van der Waals surface area contributed by atoms with Crippen molar-refractivity contribution < 1.29 is 8.42 Å². The van der Waals surface area contributed by atoms with Crippen LogP contribution in [0.5, 0.6) is 0 Å². The van der Waals surface area contributed by atoms with E-state index in [9.17, 15) is 8.42 Å². The Balaban J connectivity index is 2.33. The first-order valence-electron chi connectivity index (χ1n) is 4.67. The van der Waals surface area contributed by atoms with Crippen LogP contribution in [0.3, 0.4) is 0 Å². The molecule has 2 rings (SSSR count). The monoisotopic (exact) mass is 211 g/mol. The molecule has 0 aromatic heterocycles. The Labute approximate surface area is 83.9 Å². The lowest BCUT2D eigenvalue weighted by Crippen LogP contribution is -2.10. The van der Waals surface area contributed by atoms with Crippen LogP contribution in [-0.4, -0.2) is 14.2 Å². The van der Waals surface area contributed by atoms with Crippen molar-refractivity contribution in [1.29, 1.82) is 0 Å². The normalized spacial score (nSPS) is 16.9. The molecule has 1 aliphatic carbocycles. The van der Waals surface area contributed by atoms with E-state index < -0.39 is 9.84 Å². The zero-order valence-electron chi connectivity index (χ0n) is 7.81. The van der Waals surface area contributed by atoms with Crippen LogP contribution < -0.4 is 5.73 Å². The van der Waals surface area contributed by atoms with Crippen molar-refractivity contribution in [3.63, 3.8) is 0 Å². The highest BCUT2D eigenvalue weighted by molar-refractivity contribution is 7.91. The molecule has 1 aromatic rings. The summed E-state index contributed by atoms with van der Waals surface area (Å²) in [6.07, 6.45) is 2.07. The summed E-state index contributed by atoms with van der Waals surface area (Å²) in [6, 6.07) is 6.65. The van der Waals surface area contributed by atoms with Crippen molar-refractivity contribution in [2.75, 3.05) is 11.5 Å². The van der Waals surface area contributed by atoms with Gasteiger partial charge >= 0.3 is 0 Å². The Morgan fingerprint density at radius 1 is 1.29 bits per heavy atom. The van der Waals surface area contributed by atoms with Crippen molar-refractivity contribution in [3.05, 3.63) is 24.3 Å². The van der Waals surface area contributed by atoms with Crippen molar-refractivity contribution >= 4 is 15.5 Å². The van der Waals surface area contributed by atoms with Gasteiger partial charge in [-0.3, -0.25) is 0 Å². The van der Waals surface area contributed by atoms with Gasteiger partial charge in [-0.15, -0.1) is 0 Å². The van der Waals surface area contributed by atoms with Gasteiger partial charge in [0.1, 0.15) is 0 Å². The third-order valence-corrected chi connectivity index (χ3v) is 4.36. The molecule has 2 N–H and O–H groups in total. The third-order valence-electron chi connectivity index (χ3n) is 2.41. The average molecular weight is 211 g/mol. The molecule has 0 aliphatic heterocycles. The molecule has 14 heavy (non-hydrogen) atoms. The van der Waals surface area contributed by atoms with Gasteiger partial charge in [-0.05, 0) is 30.9 Å². The maximum absolute atomic E-state index is 11.8. The molecule has 0 amide bonds. The Morgan fingerprint density at radius 2 is 1.93 bits per heavy atom. The van der Waals surface area contributed by atoms with Gasteiger partial charge in [0.15, 0.2) is 9.84 Å². The lowest BCUT2D eigenvalue weighted by molar-refractivity contribution is 0.592. The molecule has 1 fully saturated rings. The Kier molecular flexibility index (Phi) is 2.23. The number of rotatable bonds is 3. The Morgan fingerprint density at radius 3 is 2.50 bits per heavy atom. The molecule has 0 radical (unpaired) electrons. The fourth-order valence-electron chi connectivity index (χ4n) is 1.45. The smallest absolute Gasteiger partial charge is 0.180 e. The van der Waals surface area contributed by atoms with E-state index in [1.807, 2.05) is 0 Å². The van der Waals surface area contributed by atoms with Crippen LogP contribution in [0.4, 0.5) is 5.69 Å². The standard InChI is InChI=1S/C10H13NO2S/c11-9-3-1-2-4-10(9)14(12,13)7-8-5-6-8/h1-4,8H,5-7,11H2. The summed E-state index contributed by atoms with van der Waals surface area (Å²) in [5.74, 6) is 0.612. The first kappa shape index (κ1) is 9.52. The predicted molar refractivity (Wildman–Crippen MR) is 55.6 cm³/mol. The summed E-state index contributed by atoms with van der Waals surface area (Å²) < 4.78 is 23.6. The number of hydrogen-bond acceptors (Lipinski definition) is 3. The highest BCUT2D eigenvalue weighted by Crippen LogP contribution is 2.33. The Hall–Kier alpha value is -1.03. The van der Waals surface area contributed by atoms with E-state index in [4.69, 9.17) is 5.73 Å². The molecule has 4 heteroatoms. The van der Waals surface area contributed by atoms with Crippen LogP contribution in [0.1, 0.15) is 12.8 Å². The minimum Gasteiger partial charge on any atom is -0.398 e. The van der Waals surface area contributed by atoms with E-state index in [1.165, 1.54) is 0 Å². The summed E-state index contributed by atoms with van der Waals surface area (Å²) in [5.41, 5.74) is 5.98. The van der Waals surface area contributed by atoms with Gasteiger partial charge in [-0.25, -0.2) is 8.42 Å². The van der Waals surface area contributed by atoms with E-state index in [2.05, 4.69) is 0 Å². The number of nitrogens with two attached hydrogens (primary N) is 1. The van der Waals surface area contributed by atoms with Crippen LogP contribution in [0.2, 0.25) is 0 Å². The molecule has 0 saturated heterocycles. The van der Waals surface area contributed by atoms with Crippen LogP contribution in [0.25, 0.3) is 0 Å². The summed E-state index contributed by atoms with van der Waals surface area (Å²) >= 11 is 0. The summed E-state index contributed by atoms with van der Waals surface area (Å²) in [5, 5.41) is 0. The number of sulfone groups is 1. The molecule has 0 unspecified atom stereocenters. The molecule has 0 heterocycles. The van der Waals surface area contributed by atoms with Crippen molar-refractivity contribution in [2.45, 2.75) is 17.7 Å². The number of para-hydroxylation sites is 1. The van der Waals surface area contributed by atoms with Gasteiger partial charge < -0.3 is 5.73 Å². The van der Waals surface area contributed by atoms with Gasteiger partial charge in [-0.1, -0.05) is 12.1 Å². The first-order chi connectivity index (χ1) is 6.59. The predicted octanol–water partition coefficient (Wildman–Crippen LogP) is 1.45. The molecule has 0 spiro atoms. The summed E-state index contributed by atoms with van der Waals surface area (Å²) in [6.45, 7) is 0. The number of anilines is 1. The molecule has 3 nitrogen and oxygen atoms in total. The fourth-order valence-corrected chi connectivity index (χ4v) is 3.29. The zero-order chi connectivity index (χ0) is 10.2. The average Bonchev–Trinajstić information content (AvgIpc) is 2.88. The van der Waals surface area contributed by atoms with Crippen LogP contribution in [0.15, 0.2) is 29.2 Å². The van der Waals surface area contributed by atoms with Gasteiger partial charge in [-0.2, -0.15) is 0 Å². The molecular weight excluding hydrogens is 198 g/mol. The van der Waals surface area contributed by atoms with E-state index in [0.29, 0.717) is 11.6 Å². The summed E-state index contributed by atoms with van der Waals surface area (Å²) in [7, 11) is -3.15. The Bertz CT molecular complexity index is 435. The van der Waals surface area contributed by atoms with Crippen LogP contribution in [-0.2, 0) is 9.84 Å². The first-order valence-corrected chi connectivity index (χ1v) is 6.32. The number of nitrogen functional groups attached to an aromatic ring is 1. The largest absolute Gasteiger partial charge is 0.398 e. The highest BCUT2D eigenvalue weighted by Gasteiger charge is 2.29. The number of hydrogen-bond donors (Lipinski definition) is 1. The van der Waals surface area contributed by atoms with Gasteiger partial charge in [0.05, 0.1) is 16.3 Å². The lowest BCUT2D eigenvalue weighted by atomic mass is 10.3. The minimum atomic E-state index is -3.15. The van der Waals surface area contributed by atoms with E-state index in [1.54, 1.807) is 24.3 Å². The second kappa shape index (κ2) is 3.28. The molecule has 0 bridgehead atoms. The summed E-state index contributed by atoms with van der Waals surface area (Å²) in [4.78, 5) is 0.284. The zero-order valence-corrected chi connectivity index (χ0v) is 8.63. The molecule has 76 valence electrons. The molecule has 1 saturated carbocycles. The van der Waals surface area contributed by atoms with E-state index in [0.717, 1.165) is 12.8 Å². The van der Waals surface area contributed by atoms with Gasteiger partial charge in [0.2, 0.25) is 0 Å². The molecule has 1 aliphatic rings. The van der Waals surface area contributed by atoms with Gasteiger partial charge in [0.25, 0.3) is 0 Å². The fraction of sp³-hybridized carbons (Fsp3) is 0.400. The lowest BCUT2D eigenvalue weighted by Gasteiger charge is -2.05. The van der Waals surface area contributed by atoms with Gasteiger partial charge in [0, 0.05) is 0 Å². The maximum atomic E-state index is 11.8. The number of benzene rings is 1. The minimum absolute atomic E-state index is 0.251. The second-order valence-corrected chi connectivity index (χ2v) is 5.77. The topological polar surface area (TPSA) is 60.2 Å². The molecule has 0 atom stereocenters. The van der Waals surface area contributed by atoms with Crippen LogP contribution >= 0.6 is 0 Å². The molecular formula is C10H13NO2S. The van der Waals surface area contributed by atoms with Crippen LogP contribution in [0, 0.1) is 5.92 Å². The second-order valence-electron chi connectivity index (χ2n) is 3.76. The van der Waals surface area contributed by atoms with E-state index in [-0.39, 0.29) is 10.6 Å². The SMILES string of the molecule is Nc1ccccc1S(=O)(=O)CC1CC1. The van der Waals surface area contributed by atoms with E-state index >= 15 is 0 Å². The quantitative estimate of drug-likeness (QED) is 0.770. The van der Waals surface area contributed by atoms with Crippen molar-refractivity contribution in [2.24, 2.45) is 5.92 Å².